The van der Waals surface area contributed by atoms with Gasteiger partial charge in [0.1, 0.15) is 11.6 Å². The predicted octanol–water partition coefficient (Wildman–Crippen LogP) is 3.29. The van der Waals surface area contributed by atoms with Crippen molar-refractivity contribution in [3.05, 3.63) is 52.8 Å². The van der Waals surface area contributed by atoms with Crippen LogP contribution in [0.15, 0.2) is 30.3 Å². The molecule has 0 aliphatic heterocycles. The number of hydrogen-bond donors (Lipinski definition) is 2. The molecule has 0 atom stereocenters. The number of hydrogen-bond acceptors (Lipinski definition) is 3. The monoisotopic (exact) mass is 288 g/mol. The van der Waals surface area contributed by atoms with Gasteiger partial charge in [0.2, 0.25) is 0 Å². The zero-order valence-electron chi connectivity index (χ0n) is 12.2. The van der Waals surface area contributed by atoms with Crippen molar-refractivity contribution in [3.63, 3.8) is 0 Å². The fourth-order valence-corrected chi connectivity index (χ4v) is 2.14. The minimum atomic E-state index is -0.610. The van der Waals surface area contributed by atoms with Gasteiger partial charge in [-0.3, -0.25) is 4.79 Å². The lowest BCUT2D eigenvalue weighted by Gasteiger charge is -2.14. The smallest absolute Gasteiger partial charge is 0.255 e. The quantitative estimate of drug-likeness (QED) is 0.852. The Hall–Kier alpha value is -2.56. The molecule has 1 amide bonds. The molecule has 3 N–H and O–H groups in total. The number of nitrogens with one attached hydrogen (secondary N) is 1. The number of aryl methyl sites for hydroxylation is 1. The molecular weight excluding hydrogens is 271 g/mol. The van der Waals surface area contributed by atoms with Gasteiger partial charge in [-0.15, -0.1) is 0 Å². The van der Waals surface area contributed by atoms with Crippen molar-refractivity contribution in [2.24, 2.45) is 0 Å². The Morgan fingerprint density at radius 3 is 2.57 bits per heavy atom. The third-order valence-corrected chi connectivity index (χ3v) is 3.32. The number of benzene rings is 2. The number of methoxy groups -OCH3 is 1. The summed E-state index contributed by atoms with van der Waals surface area (Å²) in [6, 6.07) is 7.61. The molecule has 0 aliphatic carbocycles. The molecule has 0 aliphatic rings. The molecule has 2 aromatic carbocycles. The van der Waals surface area contributed by atoms with Crippen LogP contribution in [0.25, 0.3) is 0 Å². The zero-order chi connectivity index (χ0) is 15.6. The van der Waals surface area contributed by atoms with Gasteiger partial charge in [-0.1, -0.05) is 6.07 Å². The number of anilines is 2. The summed E-state index contributed by atoms with van der Waals surface area (Å²) in [5.41, 5.74) is 8.04. The fourth-order valence-electron chi connectivity index (χ4n) is 2.14. The summed E-state index contributed by atoms with van der Waals surface area (Å²) in [4.78, 5) is 12.2. The van der Waals surface area contributed by atoms with Crippen molar-refractivity contribution in [3.8, 4) is 5.75 Å². The van der Waals surface area contributed by atoms with Crippen LogP contribution in [0, 0.1) is 19.7 Å². The van der Waals surface area contributed by atoms with E-state index >= 15 is 0 Å². The average Bonchev–Trinajstić information content (AvgIpc) is 2.45. The van der Waals surface area contributed by atoms with Crippen molar-refractivity contribution in [1.29, 1.82) is 0 Å². The van der Waals surface area contributed by atoms with Gasteiger partial charge >= 0.3 is 0 Å². The number of halogens is 1. The molecule has 0 fully saturated rings. The number of amides is 1. The van der Waals surface area contributed by atoms with Crippen molar-refractivity contribution in [2.45, 2.75) is 13.8 Å². The molecule has 110 valence electrons. The predicted molar refractivity (Wildman–Crippen MR) is 81.2 cm³/mol. The molecule has 0 saturated carbocycles. The van der Waals surface area contributed by atoms with E-state index in [1.54, 1.807) is 13.2 Å². The summed E-state index contributed by atoms with van der Waals surface area (Å²) >= 11 is 0. The maximum atomic E-state index is 13.4. The Morgan fingerprint density at radius 2 is 1.95 bits per heavy atom. The Bertz CT molecular complexity index is 699. The molecule has 0 bridgehead atoms. The maximum Gasteiger partial charge on any atom is 0.255 e. The molecule has 0 spiro atoms. The standard InChI is InChI=1S/C16H17FN2O2/c1-9-4-7-14(10(2)15(9)21-3)19-16(20)11-5-6-13(18)12(17)8-11/h4-8H,18H2,1-3H3,(H,19,20). The first kappa shape index (κ1) is 14.8. The lowest BCUT2D eigenvalue weighted by molar-refractivity contribution is 0.102. The second-order valence-electron chi connectivity index (χ2n) is 4.78. The number of nitrogens with two attached hydrogens (primary N) is 1. The lowest BCUT2D eigenvalue weighted by Crippen LogP contribution is -2.13. The average molecular weight is 288 g/mol. The van der Waals surface area contributed by atoms with E-state index in [-0.39, 0.29) is 11.3 Å². The van der Waals surface area contributed by atoms with Gasteiger partial charge < -0.3 is 15.8 Å². The van der Waals surface area contributed by atoms with Crippen LogP contribution in [-0.2, 0) is 0 Å². The van der Waals surface area contributed by atoms with E-state index in [4.69, 9.17) is 10.5 Å². The number of ether oxygens (including phenoxy) is 1. The molecule has 0 saturated heterocycles. The van der Waals surface area contributed by atoms with Crippen LogP contribution in [0.3, 0.4) is 0 Å². The van der Waals surface area contributed by atoms with Gasteiger partial charge in [0.15, 0.2) is 0 Å². The molecular formula is C16H17FN2O2. The van der Waals surface area contributed by atoms with Crippen molar-refractivity contribution in [2.75, 3.05) is 18.2 Å². The number of carbonyl (C=O) groups excluding carboxylic acids is 1. The summed E-state index contributed by atoms with van der Waals surface area (Å²) in [7, 11) is 1.58. The van der Waals surface area contributed by atoms with Gasteiger partial charge in [-0.25, -0.2) is 4.39 Å². The number of nitrogen functional groups attached to an aromatic ring is 1. The third-order valence-electron chi connectivity index (χ3n) is 3.32. The Balaban J connectivity index is 2.29. The van der Waals surface area contributed by atoms with Gasteiger partial charge in [0.05, 0.1) is 12.8 Å². The first-order valence-electron chi connectivity index (χ1n) is 6.44. The van der Waals surface area contributed by atoms with E-state index < -0.39 is 11.7 Å². The molecule has 0 heterocycles. The minimum absolute atomic E-state index is 0.0136. The van der Waals surface area contributed by atoms with E-state index in [2.05, 4.69) is 5.32 Å². The minimum Gasteiger partial charge on any atom is -0.496 e. The second kappa shape index (κ2) is 5.83. The maximum absolute atomic E-state index is 13.4. The SMILES string of the molecule is COc1c(C)ccc(NC(=O)c2ccc(N)c(F)c2)c1C. The molecule has 2 rings (SSSR count). The fraction of sp³-hybridized carbons (Fsp3) is 0.188. The van der Waals surface area contributed by atoms with E-state index in [0.29, 0.717) is 5.69 Å². The topological polar surface area (TPSA) is 64.3 Å². The molecule has 4 nitrogen and oxygen atoms in total. The highest BCUT2D eigenvalue weighted by Gasteiger charge is 2.13. The van der Waals surface area contributed by atoms with Crippen LogP contribution in [0.4, 0.5) is 15.8 Å². The highest BCUT2D eigenvalue weighted by molar-refractivity contribution is 6.05. The van der Waals surface area contributed by atoms with Crippen LogP contribution in [0.2, 0.25) is 0 Å². The van der Waals surface area contributed by atoms with Crippen molar-refractivity contribution in [1.82, 2.24) is 0 Å². The third kappa shape index (κ3) is 2.97. The van der Waals surface area contributed by atoms with Gasteiger partial charge in [-0.05, 0) is 43.7 Å². The molecule has 21 heavy (non-hydrogen) atoms. The zero-order valence-corrected chi connectivity index (χ0v) is 12.2. The molecule has 2 aromatic rings. The highest BCUT2D eigenvalue weighted by atomic mass is 19.1. The van der Waals surface area contributed by atoms with Crippen molar-refractivity contribution < 1.29 is 13.9 Å². The lowest BCUT2D eigenvalue weighted by atomic mass is 10.1. The summed E-state index contributed by atoms with van der Waals surface area (Å²) in [6.07, 6.45) is 0. The molecule has 5 heteroatoms. The van der Waals surface area contributed by atoms with E-state index in [1.807, 2.05) is 19.9 Å². The number of rotatable bonds is 3. The molecule has 0 aromatic heterocycles. The first-order valence-corrected chi connectivity index (χ1v) is 6.44. The Morgan fingerprint density at radius 1 is 1.24 bits per heavy atom. The van der Waals surface area contributed by atoms with Crippen LogP contribution in [-0.4, -0.2) is 13.0 Å². The van der Waals surface area contributed by atoms with Crippen molar-refractivity contribution >= 4 is 17.3 Å². The van der Waals surface area contributed by atoms with Crippen LogP contribution < -0.4 is 15.8 Å². The van der Waals surface area contributed by atoms with Gasteiger partial charge in [0.25, 0.3) is 5.91 Å². The van der Waals surface area contributed by atoms with Crippen LogP contribution >= 0.6 is 0 Å². The van der Waals surface area contributed by atoms with Crippen LogP contribution in [0.5, 0.6) is 5.75 Å². The highest BCUT2D eigenvalue weighted by Crippen LogP contribution is 2.29. The molecule has 0 unspecified atom stereocenters. The Labute approximate surface area is 122 Å². The number of carbonyl (C=O) groups is 1. The largest absolute Gasteiger partial charge is 0.496 e. The van der Waals surface area contributed by atoms with Crippen LogP contribution in [0.1, 0.15) is 21.5 Å². The Kier molecular flexibility index (Phi) is 4.12. The normalized spacial score (nSPS) is 10.3. The first-order chi connectivity index (χ1) is 9.93. The van der Waals surface area contributed by atoms with E-state index in [9.17, 15) is 9.18 Å². The summed E-state index contributed by atoms with van der Waals surface area (Å²) < 4.78 is 18.7. The second-order valence-corrected chi connectivity index (χ2v) is 4.78. The molecule has 0 radical (unpaired) electrons. The van der Waals surface area contributed by atoms with Gasteiger partial charge in [0, 0.05) is 16.8 Å². The van der Waals surface area contributed by atoms with E-state index in [0.717, 1.165) is 22.9 Å². The summed E-state index contributed by atoms with van der Waals surface area (Å²) in [6.45, 7) is 3.78. The summed E-state index contributed by atoms with van der Waals surface area (Å²) in [5.74, 6) is -0.292. The van der Waals surface area contributed by atoms with Gasteiger partial charge in [-0.2, -0.15) is 0 Å². The van der Waals surface area contributed by atoms with E-state index in [1.165, 1.54) is 12.1 Å². The summed E-state index contributed by atoms with van der Waals surface area (Å²) in [5, 5.41) is 2.75.